The van der Waals surface area contributed by atoms with Crippen molar-refractivity contribution in [2.24, 2.45) is 0 Å². The van der Waals surface area contributed by atoms with Gasteiger partial charge in [0.15, 0.2) is 0 Å². The molecule has 8 nitrogen and oxygen atoms in total. The van der Waals surface area contributed by atoms with E-state index in [2.05, 4.69) is 10.6 Å². The Labute approximate surface area is 186 Å². The molecular weight excluding hydrogens is 408 g/mol. The average Bonchev–Trinajstić information content (AvgIpc) is 3.12. The molecule has 2 aliphatic rings. The summed E-state index contributed by atoms with van der Waals surface area (Å²) < 4.78 is 0. The van der Waals surface area contributed by atoms with Crippen LogP contribution in [0.25, 0.3) is 0 Å². The number of hydrogen-bond donors (Lipinski definition) is 2. The van der Waals surface area contributed by atoms with Gasteiger partial charge in [0.1, 0.15) is 0 Å². The van der Waals surface area contributed by atoms with Gasteiger partial charge >= 0.3 is 0 Å². The lowest BCUT2D eigenvalue weighted by Gasteiger charge is -2.49. The first-order valence-electron chi connectivity index (χ1n) is 10.8. The van der Waals surface area contributed by atoms with Crippen LogP contribution in [0.1, 0.15) is 49.9 Å². The van der Waals surface area contributed by atoms with Crippen LogP contribution in [-0.4, -0.2) is 40.7 Å². The Balaban J connectivity index is 1.76. The number of unbranched alkanes of at least 4 members (excludes halogenated alkanes) is 1. The third-order valence-electron chi connectivity index (χ3n) is 5.91. The van der Waals surface area contributed by atoms with Crippen molar-refractivity contribution >= 4 is 40.7 Å². The van der Waals surface area contributed by atoms with Crippen molar-refractivity contribution in [3.63, 3.8) is 0 Å². The van der Waals surface area contributed by atoms with Gasteiger partial charge in [-0.3, -0.25) is 24.1 Å². The molecule has 1 atom stereocenters. The van der Waals surface area contributed by atoms with Crippen LogP contribution in [0.3, 0.4) is 0 Å². The zero-order chi connectivity index (χ0) is 22.9. The Kier molecular flexibility index (Phi) is 5.69. The number of carbonyl (C=O) groups is 4. The minimum Gasteiger partial charge on any atom is -0.326 e. The largest absolute Gasteiger partial charge is 0.326 e. The van der Waals surface area contributed by atoms with Crippen molar-refractivity contribution in [3.8, 4) is 0 Å². The molecule has 8 heteroatoms. The third kappa shape index (κ3) is 3.51. The SMILES string of the molecule is CCCCN1C(=O)c2ccccc2N2C(=O)CC[C@@]12C(=O)Nc1cccc(NC(C)=O)c1. The molecule has 0 radical (unpaired) electrons. The molecule has 32 heavy (non-hydrogen) atoms. The van der Waals surface area contributed by atoms with E-state index in [9.17, 15) is 19.2 Å². The summed E-state index contributed by atoms with van der Waals surface area (Å²) in [5.74, 6) is -1.10. The molecule has 0 saturated carbocycles. The molecule has 0 aromatic heterocycles. The zero-order valence-corrected chi connectivity index (χ0v) is 18.2. The first-order valence-corrected chi connectivity index (χ1v) is 10.8. The summed E-state index contributed by atoms with van der Waals surface area (Å²) in [4.78, 5) is 54.7. The Hall–Kier alpha value is -3.68. The van der Waals surface area contributed by atoms with E-state index in [1.807, 2.05) is 6.92 Å². The van der Waals surface area contributed by atoms with Gasteiger partial charge in [0, 0.05) is 37.7 Å². The van der Waals surface area contributed by atoms with Gasteiger partial charge < -0.3 is 15.5 Å². The van der Waals surface area contributed by atoms with Crippen LogP contribution in [0.4, 0.5) is 17.1 Å². The standard InChI is InChI=1S/C24H26N4O4/c1-3-4-14-27-22(31)19-10-5-6-11-20(19)28-21(30)12-13-24(27,28)23(32)26-18-9-7-8-17(15-18)25-16(2)29/h5-11,15H,3-4,12-14H2,1-2H3,(H,25,29)(H,26,32)/t24-/m1/s1. The van der Waals surface area contributed by atoms with Crippen LogP contribution < -0.4 is 15.5 Å². The number of fused-ring (bicyclic) bond motifs is 3. The van der Waals surface area contributed by atoms with Crippen LogP contribution in [-0.2, 0) is 14.4 Å². The Bertz CT molecular complexity index is 1100. The second-order valence-corrected chi connectivity index (χ2v) is 8.09. The summed E-state index contributed by atoms with van der Waals surface area (Å²) in [5.41, 5.74) is 0.475. The number of nitrogens with one attached hydrogen (secondary N) is 2. The first kappa shape index (κ1) is 21.5. The monoisotopic (exact) mass is 434 g/mol. The van der Waals surface area contributed by atoms with E-state index in [4.69, 9.17) is 0 Å². The van der Waals surface area contributed by atoms with E-state index in [-0.39, 0.29) is 30.6 Å². The molecule has 4 rings (SSSR count). The molecule has 2 aromatic carbocycles. The maximum absolute atomic E-state index is 13.8. The fourth-order valence-corrected chi connectivity index (χ4v) is 4.51. The second kappa shape index (κ2) is 8.45. The predicted molar refractivity (Wildman–Crippen MR) is 121 cm³/mol. The lowest BCUT2D eigenvalue weighted by molar-refractivity contribution is -0.129. The first-order chi connectivity index (χ1) is 15.4. The summed E-state index contributed by atoms with van der Waals surface area (Å²) in [5, 5.41) is 5.57. The Morgan fingerprint density at radius 3 is 2.47 bits per heavy atom. The summed E-state index contributed by atoms with van der Waals surface area (Å²) in [6, 6.07) is 13.7. The maximum Gasteiger partial charge on any atom is 0.271 e. The summed E-state index contributed by atoms with van der Waals surface area (Å²) in [6.07, 6.45) is 1.94. The van der Waals surface area contributed by atoms with Crippen molar-refractivity contribution in [1.82, 2.24) is 4.90 Å². The number of benzene rings is 2. The normalized spacial score (nSPS) is 19.4. The van der Waals surface area contributed by atoms with Crippen LogP contribution in [0, 0.1) is 0 Å². The van der Waals surface area contributed by atoms with Crippen molar-refractivity contribution < 1.29 is 19.2 Å². The van der Waals surface area contributed by atoms with E-state index in [1.165, 1.54) is 11.8 Å². The fraction of sp³-hybridized carbons (Fsp3) is 0.333. The lowest BCUT2D eigenvalue weighted by atomic mass is 9.95. The van der Waals surface area contributed by atoms with Gasteiger partial charge in [0.25, 0.3) is 11.8 Å². The smallest absolute Gasteiger partial charge is 0.271 e. The molecule has 0 aliphatic carbocycles. The van der Waals surface area contributed by atoms with Crippen LogP contribution in [0.5, 0.6) is 0 Å². The average molecular weight is 434 g/mol. The Morgan fingerprint density at radius 1 is 1.03 bits per heavy atom. The minimum absolute atomic E-state index is 0.170. The van der Waals surface area contributed by atoms with E-state index in [0.717, 1.165) is 6.42 Å². The van der Waals surface area contributed by atoms with Crippen molar-refractivity contribution in [2.45, 2.75) is 45.2 Å². The topological polar surface area (TPSA) is 98.8 Å². The predicted octanol–water partition coefficient (Wildman–Crippen LogP) is 3.36. The summed E-state index contributed by atoms with van der Waals surface area (Å²) in [6.45, 7) is 3.79. The molecule has 0 spiro atoms. The minimum atomic E-state index is -1.43. The number of carbonyl (C=O) groups excluding carboxylic acids is 4. The lowest BCUT2D eigenvalue weighted by Crippen LogP contribution is -2.69. The van der Waals surface area contributed by atoms with E-state index < -0.39 is 11.6 Å². The van der Waals surface area contributed by atoms with E-state index in [0.29, 0.717) is 35.6 Å². The molecule has 0 unspecified atom stereocenters. The van der Waals surface area contributed by atoms with Gasteiger partial charge in [0.2, 0.25) is 17.5 Å². The number of amides is 4. The highest BCUT2D eigenvalue weighted by molar-refractivity contribution is 6.18. The number of hydrogen-bond acceptors (Lipinski definition) is 4. The van der Waals surface area contributed by atoms with Gasteiger partial charge in [-0.15, -0.1) is 0 Å². The van der Waals surface area contributed by atoms with Gasteiger partial charge in [-0.2, -0.15) is 0 Å². The molecule has 2 heterocycles. The molecule has 2 aliphatic heterocycles. The number of nitrogens with zero attached hydrogens (tertiary/aromatic N) is 2. The zero-order valence-electron chi connectivity index (χ0n) is 18.2. The van der Waals surface area contributed by atoms with Crippen molar-refractivity contribution in [2.75, 3.05) is 22.1 Å². The van der Waals surface area contributed by atoms with Gasteiger partial charge in [0.05, 0.1) is 11.3 Å². The molecule has 166 valence electrons. The van der Waals surface area contributed by atoms with E-state index >= 15 is 0 Å². The molecule has 2 N–H and O–H groups in total. The molecule has 0 bridgehead atoms. The number of anilines is 3. The highest BCUT2D eigenvalue weighted by Crippen LogP contribution is 2.45. The fourth-order valence-electron chi connectivity index (χ4n) is 4.51. The second-order valence-electron chi connectivity index (χ2n) is 8.09. The molecule has 1 fully saturated rings. The van der Waals surface area contributed by atoms with Gasteiger partial charge in [-0.25, -0.2) is 0 Å². The maximum atomic E-state index is 13.8. The van der Waals surface area contributed by atoms with Gasteiger partial charge in [-0.1, -0.05) is 31.5 Å². The highest BCUT2D eigenvalue weighted by atomic mass is 16.2. The van der Waals surface area contributed by atoms with Crippen LogP contribution >= 0.6 is 0 Å². The third-order valence-corrected chi connectivity index (χ3v) is 5.91. The number of para-hydroxylation sites is 1. The quantitative estimate of drug-likeness (QED) is 0.728. The molecule has 1 saturated heterocycles. The van der Waals surface area contributed by atoms with Crippen LogP contribution in [0.2, 0.25) is 0 Å². The molecule has 2 aromatic rings. The van der Waals surface area contributed by atoms with Crippen molar-refractivity contribution in [1.29, 1.82) is 0 Å². The van der Waals surface area contributed by atoms with Crippen LogP contribution in [0.15, 0.2) is 48.5 Å². The molecular formula is C24H26N4O4. The number of rotatable bonds is 6. The summed E-state index contributed by atoms with van der Waals surface area (Å²) in [7, 11) is 0. The highest BCUT2D eigenvalue weighted by Gasteiger charge is 2.60. The van der Waals surface area contributed by atoms with Crippen molar-refractivity contribution in [3.05, 3.63) is 54.1 Å². The summed E-state index contributed by atoms with van der Waals surface area (Å²) >= 11 is 0. The molecule has 4 amide bonds. The van der Waals surface area contributed by atoms with Gasteiger partial charge in [-0.05, 0) is 36.8 Å². The van der Waals surface area contributed by atoms with E-state index in [1.54, 1.807) is 53.4 Å². The Morgan fingerprint density at radius 2 is 1.75 bits per heavy atom.